The average Bonchev–Trinajstić information content (AvgIpc) is 2.82. The molecule has 2 aromatic rings. The molecule has 2 aromatic heterocycles. The van der Waals surface area contributed by atoms with Crippen LogP contribution in [0.2, 0.25) is 0 Å². The highest BCUT2D eigenvalue weighted by atomic mass is 16.3. The zero-order valence-electron chi connectivity index (χ0n) is 10.6. The maximum Gasteiger partial charge on any atom is 0.278 e. The van der Waals surface area contributed by atoms with Gasteiger partial charge in [0.2, 0.25) is 5.95 Å². The lowest BCUT2D eigenvalue weighted by molar-refractivity contribution is 0.0755. The van der Waals surface area contributed by atoms with Crippen molar-refractivity contribution in [1.82, 2.24) is 19.9 Å². The molecule has 6 N–H and O–H groups in total. The molecule has 0 saturated carbocycles. The highest BCUT2D eigenvalue weighted by Crippen LogP contribution is 2.29. The third kappa shape index (κ3) is 2.08. The van der Waals surface area contributed by atoms with E-state index in [0.29, 0.717) is 12.2 Å². The summed E-state index contributed by atoms with van der Waals surface area (Å²) in [5.41, 5.74) is 5.62. The number of aromatic nitrogens is 4. The maximum atomic E-state index is 11.7. The molecule has 1 aliphatic carbocycles. The number of hydrogen-bond acceptors (Lipinski definition) is 6. The second kappa shape index (κ2) is 4.73. The number of nitrogens with zero attached hydrogens (tertiary/aromatic N) is 2. The van der Waals surface area contributed by atoms with E-state index in [4.69, 9.17) is 10.8 Å². The summed E-state index contributed by atoms with van der Waals surface area (Å²) in [6.07, 6.45) is 3.41. The van der Waals surface area contributed by atoms with Gasteiger partial charge in [0.15, 0.2) is 11.2 Å². The Kier molecular flexibility index (Phi) is 3.03. The maximum absolute atomic E-state index is 11.7. The van der Waals surface area contributed by atoms with Gasteiger partial charge >= 0.3 is 0 Å². The van der Waals surface area contributed by atoms with Gasteiger partial charge in [-0.1, -0.05) is 12.2 Å². The molecule has 1 aliphatic rings. The molecule has 0 radical (unpaired) electrons. The van der Waals surface area contributed by atoms with Gasteiger partial charge in [-0.25, -0.2) is 4.98 Å². The number of aliphatic hydroxyl groups excluding tert-OH is 2. The zero-order valence-corrected chi connectivity index (χ0v) is 10.6. The summed E-state index contributed by atoms with van der Waals surface area (Å²) in [5.74, 6) is 0.158. The number of nitrogens with one attached hydrogen (secondary N) is 2. The van der Waals surface area contributed by atoms with Crippen molar-refractivity contribution in [2.75, 3.05) is 12.3 Å². The van der Waals surface area contributed by atoms with Gasteiger partial charge in [0.1, 0.15) is 5.82 Å². The molecule has 3 unspecified atom stereocenters. The summed E-state index contributed by atoms with van der Waals surface area (Å²) in [4.78, 5) is 25.2. The zero-order chi connectivity index (χ0) is 14.3. The van der Waals surface area contributed by atoms with Crippen LogP contribution < -0.4 is 11.3 Å². The van der Waals surface area contributed by atoms with E-state index in [1.165, 1.54) is 0 Å². The Hall–Kier alpha value is -2.19. The quantitative estimate of drug-likeness (QED) is 0.457. The number of nitrogens with two attached hydrogens (primary N) is 1. The minimum absolute atomic E-state index is 0.0140. The van der Waals surface area contributed by atoms with Crippen LogP contribution in [-0.2, 0) is 0 Å². The van der Waals surface area contributed by atoms with Gasteiger partial charge in [0, 0.05) is 11.8 Å². The summed E-state index contributed by atoms with van der Waals surface area (Å²) in [5, 5.41) is 19.0. The highest BCUT2D eigenvalue weighted by Gasteiger charge is 2.27. The third-order valence-electron chi connectivity index (χ3n) is 3.54. The topological polar surface area (TPSA) is 141 Å². The van der Waals surface area contributed by atoms with Crippen LogP contribution in [0.4, 0.5) is 5.95 Å². The molecular weight excluding hydrogens is 262 g/mol. The van der Waals surface area contributed by atoms with E-state index in [1.54, 1.807) is 6.08 Å². The fourth-order valence-electron chi connectivity index (χ4n) is 2.42. The lowest BCUT2D eigenvalue weighted by Crippen LogP contribution is -2.27. The first kappa shape index (κ1) is 12.8. The monoisotopic (exact) mass is 277 g/mol. The van der Waals surface area contributed by atoms with Crippen LogP contribution in [-0.4, -0.2) is 42.9 Å². The van der Waals surface area contributed by atoms with Crippen molar-refractivity contribution in [3.8, 4) is 0 Å². The van der Waals surface area contributed by atoms with Crippen molar-refractivity contribution in [3.63, 3.8) is 0 Å². The molecule has 0 amide bonds. The standard InChI is InChI=1S/C12H15N5O3/c13-12-16-10-8(11(20)17-12)14-9(15-10)5-1-2-6(4-18)7(19)3-5/h1-2,5-7,18-19H,3-4H2,(H4,13,14,15,16,17,20). The molecule has 8 heteroatoms. The van der Waals surface area contributed by atoms with Gasteiger partial charge in [-0.3, -0.25) is 9.78 Å². The first-order valence-electron chi connectivity index (χ1n) is 6.31. The minimum atomic E-state index is -0.639. The summed E-state index contributed by atoms with van der Waals surface area (Å²) < 4.78 is 0. The average molecular weight is 277 g/mol. The number of aliphatic hydroxyl groups is 2. The van der Waals surface area contributed by atoms with E-state index < -0.39 is 6.10 Å². The smallest absolute Gasteiger partial charge is 0.278 e. The number of H-pyrrole nitrogens is 2. The van der Waals surface area contributed by atoms with E-state index in [2.05, 4.69) is 19.9 Å². The van der Waals surface area contributed by atoms with Gasteiger partial charge in [0.25, 0.3) is 5.56 Å². The second-order valence-electron chi connectivity index (χ2n) is 4.91. The predicted molar refractivity (Wildman–Crippen MR) is 72.0 cm³/mol. The van der Waals surface area contributed by atoms with Crippen LogP contribution >= 0.6 is 0 Å². The number of allylic oxidation sites excluding steroid dienone is 1. The largest absolute Gasteiger partial charge is 0.396 e. The summed E-state index contributed by atoms with van der Waals surface area (Å²) >= 11 is 0. The molecule has 106 valence electrons. The second-order valence-corrected chi connectivity index (χ2v) is 4.91. The molecule has 3 rings (SSSR count). The number of anilines is 1. The molecule has 20 heavy (non-hydrogen) atoms. The molecule has 0 aliphatic heterocycles. The van der Waals surface area contributed by atoms with Crippen molar-refractivity contribution in [2.45, 2.75) is 18.4 Å². The van der Waals surface area contributed by atoms with E-state index in [9.17, 15) is 9.90 Å². The molecule has 0 spiro atoms. The Labute approximate surface area is 113 Å². The first-order chi connectivity index (χ1) is 9.58. The van der Waals surface area contributed by atoms with E-state index >= 15 is 0 Å². The minimum Gasteiger partial charge on any atom is -0.396 e. The van der Waals surface area contributed by atoms with Crippen LogP contribution in [0.5, 0.6) is 0 Å². The SMILES string of the molecule is Nc1nc2nc(C3C=CC(CO)C(O)C3)[nH]c2c(=O)[nH]1. The van der Waals surface area contributed by atoms with Gasteiger partial charge in [0.05, 0.1) is 12.7 Å². The summed E-state index contributed by atoms with van der Waals surface area (Å²) in [6, 6.07) is 0. The van der Waals surface area contributed by atoms with E-state index in [-0.39, 0.29) is 41.1 Å². The van der Waals surface area contributed by atoms with Crippen molar-refractivity contribution in [1.29, 1.82) is 0 Å². The van der Waals surface area contributed by atoms with Crippen LogP contribution in [0.15, 0.2) is 16.9 Å². The lowest BCUT2D eigenvalue weighted by Gasteiger charge is -2.25. The molecule has 3 atom stereocenters. The van der Waals surface area contributed by atoms with Crippen molar-refractivity contribution >= 4 is 17.1 Å². The Balaban J connectivity index is 1.99. The van der Waals surface area contributed by atoms with Crippen molar-refractivity contribution in [3.05, 3.63) is 28.3 Å². The fourth-order valence-corrected chi connectivity index (χ4v) is 2.42. The third-order valence-corrected chi connectivity index (χ3v) is 3.54. The van der Waals surface area contributed by atoms with E-state index in [1.807, 2.05) is 6.08 Å². The summed E-state index contributed by atoms with van der Waals surface area (Å²) in [7, 11) is 0. The Morgan fingerprint density at radius 1 is 1.35 bits per heavy atom. The molecular formula is C12H15N5O3. The first-order valence-corrected chi connectivity index (χ1v) is 6.31. The normalized spacial score (nSPS) is 26.2. The molecule has 8 nitrogen and oxygen atoms in total. The Morgan fingerprint density at radius 3 is 2.85 bits per heavy atom. The van der Waals surface area contributed by atoms with Crippen LogP contribution in [0.3, 0.4) is 0 Å². The number of aromatic amines is 2. The van der Waals surface area contributed by atoms with Crippen molar-refractivity contribution in [2.24, 2.45) is 5.92 Å². The van der Waals surface area contributed by atoms with Crippen LogP contribution in [0, 0.1) is 5.92 Å². The van der Waals surface area contributed by atoms with Crippen molar-refractivity contribution < 1.29 is 10.2 Å². The van der Waals surface area contributed by atoms with Gasteiger partial charge < -0.3 is 20.9 Å². The summed E-state index contributed by atoms with van der Waals surface area (Å²) in [6.45, 7) is -0.0950. The highest BCUT2D eigenvalue weighted by molar-refractivity contribution is 5.70. The van der Waals surface area contributed by atoms with E-state index in [0.717, 1.165) is 0 Å². The van der Waals surface area contributed by atoms with Crippen LogP contribution in [0.1, 0.15) is 18.2 Å². The van der Waals surface area contributed by atoms with Gasteiger partial charge in [-0.2, -0.15) is 4.98 Å². The number of hydrogen-bond donors (Lipinski definition) is 5. The predicted octanol–water partition coefficient (Wildman–Crippen LogP) is -0.759. The molecule has 0 aromatic carbocycles. The van der Waals surface area contributed by atoms with Gasteiger partial charge in [-0.15, -0.1) is 0 Å². The molecule has 0 fully saturated rings. The molecule has 2 heterocycles. The Bertz CT molecular complexity index is 719. The van der Waals surface area contributed by atoms with Gasteiger partial charge in [-0.05, 0) is 6.42 Å². The number of fused-ring (bicyclic) bond motifs is 1. The molecule has 0 bridgehead atoms. The number of rotatable bonds is 2. The molecule has 0 saturated heterocycles. The van der Waals surface area contributed by atoms with Crippen LogP contribution in [0.25, 0.3) is 11.2 Å². The number of nitrogen functional groups attached to an aromatic ring is 1. The Morgan fingerprint density at radius 2 is 2.15 bits per heavy atom. The fraction of sp³-hybridized carbons (Fsp3) is 0.417. The number of imidazole rings is 1. The lowest BCUT2D eigenvalue weighted by atomic mass is 9.86.